The molecule has 1 heterocycles. The first kappa shape index (κ1) is 13.4. The van der Waals surface area contributed by atoms with Crippen molar-refractivity contribution in [2.45, 2.75) is 32.9 Å². The van der Waals surface area contributed by atoms with Crippen LogP contribution >= 0.6 is 0 Å². The summed E-state index contributed by atoms with van der Waals surface area (Å²) in [4.78, 5) is 0. The second-order valence-electron chi connectivity index (χ2n) is 4.76. The van der Waals surface area contributed by atoms with Gasteiger partial charge in [0.25, 0.3) is 0 Å². The fourth-order valence-corrected chi connectivity index (χ4v) is 1.45. The zero-order chi connectivity index (χ0) is 13.1. The molecule has 0 atom stereocenters. The summed E-state index contributed by atoms with van der Waals surface area (Å²) in [5.74, 6) is 0.533. The number of anilines is 1. The SMILES string of the molecule is COCCn1c(C#N)cc(N)c1OC(C)(C)C. The van der Waals surface area contributed by atoms with E-state index in [-0.39, 0.29) is 5.60 Å². The van der Waals surface area contributed by atoms with Crippen molar-refractivity contribution < 1.29 is 9.47 Å². The average Bonchev–Trinajstić information content (AvgIpc) is 2.51. The van der Waals surface area contributed by atoms with Crippen LogP contribution in [-0.2, 0) is 11.3 Å². The van der Waals surface area contributed by atoms with Gasteiger partial charge in [-0.15, -0.1) is 0 Å². The second-order valence-corrected chi connectivity index (χ2v) is 4.76. The van der Waals surface area contributed by atoms with Gasteiger partial charge in [0.2, 0.25) is 5.88 Å². The van der Waals surface area contributed by atoms with Crippen LogP contribution < -0.4 is 10.5 Å². The number of hydrogen-bond acceptors (Lipinski definition) is 4. The lowest BCUT2D eigenvalue weighted by molar-refractivity contribution is 0.113. The molecule has 2 N–H and O–H groups in total. The quantitative estimate of drug-likeness (QED) is 0.866. The Hall–Kier alpha value is -1.67. The zero-order valence-electron chi connectivity index (χ0n) is 10.8. The fraction of sp³-hybridized carbons (Fsp3) is 0.583. The van der Waals surface area contributed by atoms with E-state index in [1.54, 1.807) is 17.7 Å². The van der Waals surface area contributed by atoms with Gasteiger partial charge in [0.05, 0.1) is 18.8 Å². The number of aromatic nitrogens is 1. The summed E-state index contributed by atoms with van der Waals surface area (Å²) in [5.41, 5.74) is 6.47. The fourth-order valence-electron chi connectivity index (χ4n) is 1.45. The number of nitriles is 1. The van der Waals surface area contributed by atoms with Crippen molar-refractivity contribution in [2.24, 2.45) is 0 Å². The number of ether oxygens (including phenoxy) is 2. The van der Waals surface area contributed by atoms with Crippen molar-refractivity contribution in [3.8, 4) is 11.9 Å². The van der Waals surface area contributed by atoms with Gasteiger partial charge < -0.3 is 15.2 Å². The molecule has 0 aliphatic heterocycles. The van der Waals surface area contributed by atoms with Gasteiger partial charge in [0, 0.05) is 13.2 Å². The van der Waals surface area contributed by atoms with Crippen LogP contribution in [-0.4, -0.2) is 23.9 Å². The van der Waals surface area contributed by atoms with Crippen LogP contribution in [0.2, 0.25) is 0 Å². The first-order valence-corrected chi connectivity index (χ1v) is 5.46. The molecular formula is C12H19N3O2. The van der Waals surface area contributed by atoms with Gasteiger partial charge in [0.15, 0.2) is 0 Å². The summed E-state index contributed by atoms with van der Waals surface area (Å²) in [7, 11) is 1.61. The Bertz CT molecular complexity index is 424. The molecule has 1 aromatic heterocycles. The molecule has 5 nitrogen and oxygen atoms in total. The number of hydrogen-bond donors (Lipinski definition) is 1. The van der Waals surface area contributed by atoms with Gasteiger partial charge in [-0.3, -0.25) is 4.57 Å². The molecule has 0 radical (unpaired) electrons. The summed E-state index contributed by atoms with van der Waals surface area (Å²) < 4.78 is 12.5. The monoisotopic (exact) mass is 237 g/mol. The van der Waals surface area contributed by atoms with E-state index >= 15 is 0 Å². The minimum atomic E-state index is -0.357. The van der Waals surface area contributed by atoms with Gasteiger partial charge in [-0.05, 0) is 20.8 Å². The third-order valence-corrected chi connectivity index (χ3v) is 2.11. The van der Waals surface area contributed by atoms with Crippen molar-refractivity contribution in [1.82, 2.24) is 4.57 Å². The van der Waals surface area contributed by atoms with Crippen LogP contribution in [0, 0.1) is 11.3 Å². The first-order valence-electron chi connectivity index (χ1n) is 5.46. The molecule has 94 valence electrons. The van der Waals surface area contributed by atoms with Gasteiger partial charge in [-0.1, -0.05) is 0 Å². The van der Waals surface area contributed by atoms with Crippen LogP contribution in [0.25, 0.3) is 0 Å². The minimum Gasteiger partial charge on any atom is -0.472 e. The van der Waals surface area contributed by atoms with Crippen LogP contribution in [0.3, 0.4) is 0 Å². The Balaban J connectivity index is 3.09. The smallest absolute Gasteiger partial charge is 0.219 e. The van der Waals surface area contributed by atoms with E-state index in [0.717, 1.165) is 0 Å². The molecule has 0 saturated heterocycles. The molecule has 0 aliphatic carbocycles. The third kappa shape index (κ3) is 3.40. The summed E-state index contributed by atoms with van der Waals surface area (Å²) in [6, 6.07) is 3.72. The Labute approximate surface area is 102 Å². The van der Waals surface area contributed by atoms with E-state index in [1.165, 1.54) is 0 Å². The number of rotatable bonds is 4. The number of methoxy groups -OCH3 is 1. The van der Waals surface area contributed by atoms with E-state index in [1.807, 2.05) is 20.8 Å². The summed E-state index contributed by atoms with van der Waals surface area (Å²) >= 11 is 0. The van der Waals surface area contributed by atoms with E-state index in [9.17, 15) is 0 Å². The maximum atomic E-state index is 9.03. The molecule has 1 aromatic rings. The Morgan fingerprint density at radius 2 is 2.12 bits per heavy atom. The van der Waals surface area contributed by atoms with E-state index < -0.39 is 0 Å². The van der Waals surface area contributed by atoms with Gasteiger partial charge in [-0.25, -0.2) is 0 Å². The van der Waals surface area contributed by atoms with E-state index in [4.69, 9.17) is 20.5 Å². The predicted molar refractivity (Wildman–Crippen MR) is 65.8 cm³/mol. The lowest BCUT2D eigenvalue weighted by atomic mass is 10.2. The van der Waals surface area contributed by atoms with Gasteiger partial charge in [0.1, 0.15) is 17.4 Å². The highest BCUT2D eigenvalue weighted by atomic mass is 16.5. The van der Waals surface area contributed by atoms with Crippen LogP contribution in [0.5, 0.6) is 5.88 Å². The number of nitrogens with zero attached hydrogens (tertiary/aromatic N) is 2. The van der Waals surface area contributed by atoms with E-state index in [2.05, 4.69) is 6.07 Å². The summed E-state index contributed by atoms with van der Waals surface area (Å²) in [5, 5.41) is 9.03. The normalized spacial score (nSPS) is 11.2. The van der Waals surface area contributed by atoms with Crippen molar-refractivity contribution in [2.75, 3.05) is 19.5 Å². The molecule has 0 aliphatic rings. The molecule has 0 saturated carbocycles. The molecule has 0 aromatic carbocycles. The predicted octanol–water partition coefficient (Wildman–Crippen LogP) is 1.77. The highest BCUT2D eigenvalue weighted by Gasteiger charge is 2.20. The molecule has 0 unspecified atom stereocenters. The molecule has 17 heavy (non-hydrogen) atoms. The van der Waals surface area contributed by atoms with Crippen molar-refractivity contribution >= 4 is 5.69 Å². The molecular weight excluding hydrogens is 218 g/mol. The van der Waals surface area contributed by atoms with Crippen molar-refractivity contribution in [3.63, 3.8) is 0 Å². The Kier molecular flexibility index (Phi) is 4.02. The van der Waals surface area contributed by atoms with Crippen LogP contribution in [0.15, 0.2) is 6.07 Å². The Morgan fingerprint density at radius 1 is 1.47 bits per heavy atom. The standard InChI is InChI=1S/C12H19N3O2/c1-12(2,3)17-11-10(14)7-9(8-13)15(11)5-6-16-4/h7H,5-6,14H2,1-4H3. The summed E-state index contributed by atoms with van der Waals surface area (Å²) in [6.07, 6.45) is 0. The maximum Gasteiger partial charge on any atom is 0.219 e. The molecule has 0 amide bonds. The highest BCUT2D eigenvalue weighted by Crippen LogP contribution is 2.29. The first-order chi connectivity index (χ1) is 7.89. The number of nitrogens with two attached hydrogens (primary N) is 1. The topological polar surface area (TPSA) is 73.2 Å². The average molecular weight is 237 g/mol. The largest absolute Gasteiger partial charge is 0.472 e. The third-order valence-electron chi connectivity index (χ3n) is 2.11. The summed E-state index contributed by atoms with van der Waals surface area (Å²) in [6.45, 7) is 6.86. The Morgan fingerprint density at radius 3 is 2.59 bits per heavy atom. The van der Waals surface area contributed by atoms with Gasteiger partial charge in [-0.2, -0.15) is 5.26 Å². The lowest BCUT2D eigenvalue weighted by Crippen LogP contribution is -2.25. The van der Waals surface area contributed by atoms with E-state index in [0.29, 0.717) is 30.4 Å². The van der Waals surface area contributed by atoms with Crippen molar-refractivity contribution in [3.05, 3.63) is 11.8 Å². The highest BCUT2D eigenvalue weighted by molar-refractivity contribution is 5.55. The van der Waals surface area contributed by atoms with Crippen LogP contribution in [0.4, 0.5) is 5.69 Å². The molecule has 0 bridgehead atoms. The molecule has 0 fully saturated rings. The zero-order valence-corrected chi connectivity index (χ0v) is 10.8. The number of nitrogen functional groups attached to an aromatic ring is 1. The lowest BCUT2D eigenvalue weighted by Gasteiger charge is -2.23. The minimum absolute atomic E-state index is 0.357. The second kappa shape index (κ2) is 5.11. The molecule has 1 rings (SSSR count). The van der Waals surface area contributed by atoms with Gasteiger partial charge >= 0.3 is 0 Å². The molecule has 0 spiro atoms. The molecule has 5 heteroatoms. The van der Waals surface area contributed by atoms with Crippen LogP contribution in [0.1, 0.15) is 26.5 Å². The van der Waals surface area contributed by atoms with Crippen molar-refractivity contribution in [1.29, 1.82) is 5.26 Å². The maximum absolute atomic E-state index is 9.03.